The smallest absolute Gasteiger partial charge is 0.462 e. The van der Waals surface area contributed by atoms with Gasteiger partial charge in [-0.3, -0.25) is 14.1 Å². The topological polar surface area (TPSA) is 180 Å². The van der Waals surface area contributed by atoms with Crippen LogP contribution in [0, 0.1) is 11.8 Å². The van der Waals surface area contributed by atoms with Crippen molar-refractivity contribution >= 4 is 19.8 Å². The summed E-state index contributed by atoms with van der Waals surface area (Å²) in [5.74, 6) is -1.32. The van der Waals surface area contributed by atoms with Gasteiger partial charge in [0.15, 0.2) is 6.10 Å². The number of aliphatic hydroxyl groups excluding tert-OH is 3. The van der Waals surface area contributed by atoms with Crippen molar-refractivity contribution in [3.8, 4) is 0 Å². The van der Waals surface area contributed by atoms with E-state index in [9.17, 15) is 29.5 Å². The molecule has 0 heterocycles. The lowest BCUT2D eigenvalue weighted by Crippen LogP contribution is -2.29. The predicted molar refractivity (Wildman–Crippen MR) is 227 cm³/mol. The van der Waals surface area contributed by atoms with Gasteiger partial charge in [-0.25, -0.2) is 4.57 Å². The molecule has 1 saturated carbocycles. The summed E-state index contributed by atoms with van der Waals surface area (Å²) in [5.41, 5.74) is 0. The molecule has 0 aromatic heterocycles. The zero-order valence-corrected chi connectivity index (χ0v) is 36.7. The Morgan fingerprint density at radius 3 is 1.75 bits per heavy atom. The number of esters is 2. The van der Waals surface area contributed by atoms with Gasteiger partial charge in [0.1, 0.15) is 6.61 Å². The number of phosphoric acid groups is 1. The lowest BCUT2D eigenvalue weighted by atomic mass is 9.88. The first-order valence-electron chi connectivity index (χ1n) is 22.9. The molecule has 0 amide bonds. The van der Waals surface area contributed by atoms with E-state index < -0.39 is 50.8 Å². The standard InChI is InChI=1S/C45H83O11P/c1-3-5-7-8-9-10-11-12-13-14-15-16-17-18-19-20-21-22-27-31-44(49)54-36-39(37-55-57(51,52)53)56-45(50)32-28-24-23-26-30-40-41(43(48)35-42(40)47)34-33-38(46)29-25-6-4-2/h12-13,33-34,38-43,46-48H,3-11,14-32,35-37H2,1-2H3,(H2,51,52,53)/b13-12-,34-33+/t38-,39+,40+,41+,42-,43+/m0/s1. The SMILES string of the molecule is CCCCCCCC/C=C\CCCCCCCCCCCC(=O)OC[C@H](COP(=O)(O)O)OC(=O)CCCCCC[C@@H]1[C@@H](/C=C/[C@@H](O)CCCCC)[C@H](O)C[C@@H]1O. The molecule has 57 heavy (non-hydrogen) atoms. The molecule has 11 nitrogen and oxygen atoms in total. The van der Waals surface area contributed by atoms with E-state index in [1.807, 2.05) is 6.08 Å². The summed E-state index contributed by atoms with van der Waals surface area (Å²) in [6.45, 7) is 3.42. The molecule has 1 fully saturated rings. The van der Waals surface area contributed by atoms with Crippen LogP contribution in [0.4, 0.5) is 0 Å². The molecule has 0 bridgehead atoms. The summed E-state index contributed by atoms with van der Waals surface area (Å²) in [6.07, 6.45) is 33.9. The van der Waals surface area contributed by atoms with E-state index in [0.29, 0.717) is 32.1 Å². The zero-order valence-electron chi connectivity index (χ0n) is 35.8. The van der Waals surface area contributed by atoms with E-state index in [2.05, 4.69) is 30.5 Å². The molecule has 0 aromatic rings. The maximum Gasteiger partial charge on any atom is 0.469 e. The van der Waals surface area contributed by atoms with E-state index in [1.54, 1.807) is 6.08 Å². The maximum atomic E-state index is 12.6. The van der Waals surface area contributed by atoms with Crippen LogP contribution in [0.3, 0.4) is 0 Å². The average molecular weight is 831 g/mol. The summed E-state index contributed by atoms with van der Waals surface area (Å²) in [4.78, 5) is 43.2. The fraction of sp³-hybridized carbons (Fsp3) is 0.867. The Balaban J connectivity index is 2.20. The minimum atomic E-state index is -4.82. The van der Waals surface area contributed by atoms with Gasteiger partial charge in [0.25, 0.3) is 0 Å². The van der Waals surface area contributed by atoms with Crippen molar-refractivity contribution in [3.63, 3.8) is 0 Å². The number of aliphatic hydroxyl groups is 3. The molecule has 6 atom stereocenters. The molecule has 1 rings (SSSR count). The molecule has 5 N–H and O–H groups in total. The second-order valence-corrected chi connectivity index (χ2v) is 17.6. The minimum absolute atomic E-state index is 0.0864. The van der Waals surface area contributed by atoms with Crippen molar-refractivity contribution in [2.24, 2.45) is 11.8 Å². The van der Waals surface area contributed by atoms with Crippen LogP contribution in [0.1, 0.15) is 200 Å². The van der Waals surface area contributed by atoms with Crippen LogP contribution in [0.15, 0.2) is 24.3 Å². The van der Waals surface area contributed by atoms with Crippen LogP contribution in [0.5, 0.6) is 0 Å². The van der Waals surface area contributed by atoms with Crippen molar-refractivity contribution in [1.29, 1.82) is 0 Å². The van der Waals surface area contributed by atoms with Crippen LogP contribution in [-0.4, -0.2) is 74.7 Å². The quantitative estimate of drug-likeness (QED) is 0.0173. The Hall–Kier alpha value is -1.59. The Morgan fingerprint density at radius 2 is 1.18 bits per heavy atom. The maximum absolute atomic E-state index is 12.6. The van der Waals surface area contributed by atoms with E-state index in [-0.39, 0.29) is 31.3 Å². The molecule has 12 heteroatoms. The highest BCUT2D eigenvalue weighted by Gasteiger charge is 2.39. The fourth-order valence-corrected chi connectivity index (χ4v) is 7.94. The molecule has 1 aliphatic rings. The van der Waals surface area contributed by atoms with Gasteiger partial charge in [-0.15, -0.1) is 0 Å². The number of carbonyl (C=O) groups excluding carboxylic acids is 2. The van der Waals surface area contributed by atoms with Crippen LogP contribution in [0.25, 0.3) is 0 Å². The van der Waals surface area contributed by atoms with Crippen molar-refractivity contribution in [3.05, 3.63) is 24.3 Å². The lowest BCUT2D eigenvalue weighted by Gasteiger charge is -2.21. The molecule has 0 saturated heterocycles. The second kappa shape index (κ2) is 35.2. The van der Waals surface area contributed by atoms with Crippen LogP contribution >= 0.6 is 7.82 Å². The summed E-state index contributed by atoms with van der Waals surface area (Å²) in [6, 6.07) is 0. The second-order valence-electron chi connectivity index (χ2n) is 16.3. The lowest BCUT2D eigenvalue weighted by molar-refractivity contribution is -0.161. The first-order valence-corrected chi connectivity index (χ1v) is 24.4. The van der Waals surface area contributed by atoms with E-state index in [4.69, 9.17) is 19.3 Å². The third kappa shape index (κ3) is 31.0. The van der Waals surface area contributed by atoms with Crippen molar-refractivity contribution < 1.29 is 53.3 Å². The Kier molecular flexibility index (Phi) is 33.0. The number of hydrogen-bond acceptors (Lipinski definition) is 9. The van der Waals surface area contributed by atoms with Gasteiger partial charge in [0.05, 0.1) is 24.9 Å². The summed E-state index contributed by atoms with van der Waals surface area (Å²) in [5, 5.41) is 31.3. The Labute approximate surface area is 346 Å². The highest BCUT2D eigenvalue weighted by atomic mass is 31.2. The van der Waals surface area contributed by atoms with E-state index in [0.717, 1.165) is 57.8 Å². The number of rotatable bonds is 38. The molecule has 0 spiro atoms. The highest BCUT2D eigenvalue weighted by molar-refractivity contribution is 7.46. The molecule has 1 aliphatic carbocycles. The average Bonchev–Trinajstić information content (AvgIpc) is 3.44. The zero-order chi connectivity index (χ0) is 42.0. The van der Waals surface area contributed by atoms with Crippen molar-refractivity contribution in [1.82, 2.24) is 0 Å². The van der Waals surface area contributed by atoms with Crippen LogP contribution in [-0.2, 0) is 28.2 Å². The summed E-state index contributed by atoms with van der Waals surface area (Å²) < 4.78 is 26.5. The van der Waals surface area contributed by atoms with Crippen molar-refractivity contribution in [2.45, 2.75) is 224 Å². The third-order valence-electron chi connectivity index (χ3n) is 11.0. The first kappa shape index (κ1) is 53.4. The van der Waals surface area contributed by atoms with E-state index >= 15 is 0 Å². The Bertz CT molecular complexity index is 1090. The molecule has 334 valence electrons. The minimum Gasteiger partial charge on any atom is -0.462 e. The first-order chi connectivity index (χ1) is 27.5. The Morgan fingerprint density at radius 1 is 0.667 bits per heavy atom. The van der Waals surface area contributed by atoms with Gasteiger partial charge < -0.3 is 34.6 Å². The summed E-state index contributed by atoms with van der Waals surface area (Å²) >= 11 is 0. The fourth-order valence-electron chi connectivity index (χ4n) is 7.58. The van der Waals surface area contributed by atoms with Gasteiger partial charge in [0.2, 0.25) is 0 Å². The largest absolute Gasteiger partial charge is 0.469 e. The predicted octanol–water partition coefficient (Wildman–Crippen LogP) is 10.3. The molecule has 0 unspecified atom stereocenters. The van der Waals surface area contributed by atoms with Gasteiger partial charge in [-0.1, -0.05) is 154 Å². The van der Waals surface area contributed by atoms with Crippen LogP contribution < -0.4 is 0 Å². The highest BCUT2D eigenvalue weighted by Crippen LogP contribution is 2.38. The number of allylic oxidation sites excluding steroid dienone is 2. The van der Waals surface area contributed by atoms with Crippen LogP contribution in [0.2, 0.25) is 0 Å². The van der Waals surface area contributed by atoms with Gasteiger partial charge in [0, 0.05) is 25.2 Å². The monoisotopic (exact) mass is 831 g/mol. The van der Waals surface area contributed by atoms with Gasteiger partial charge >= 0.3 is 19.8 Å². The molecular weight excluding hydrogens is 747 g/mol. The number of phosphoric ester groups is 1. The number of hydrogen-bond donors (Lipinski definition) is 5. The normalized spacial score (nSPS) is 19.8. The molecule has 0 radical (unpaired) electrons. The van der Waals surface area contributed by atoms with Crippen molar-refractivity contribution in [2.75, 3.05) is 13.2 Å². The van der Waals surface area contributed by atoms with Gasteiger partial charge in [-0.2, -0.15) is 0 Å². The molecular formula is C45H83O11P. The number of unbranched alkanes of at least 4 members (excludes halogenated alkanes) is 20. The molecule has 0 aromatic carbocycles. The van der Waals surface area contributed by atoms with Gasteiger partial charge in [-0.05, 0) is 57.3 Å². The number of ether oxygens (including phenoxy) is 2. The molecule has 0 aliphatic heterocycles. The number of carbonyl (C=O) groups is 2. The van der Waals surface area contributed by atoms with E-state index in [1.165, 1.54) is 83.5 Å². The third-order valence-corrected chi connectivity index (χ3v) is 11.5. The summed E-state index contributed by atoms with van der Waals surface area (Å²) in [7, 11) is -4.82.